The SMILES string of the molecule is CC(C(=O)O)n1ccc(C(=O)N(C2CCCCC2)C2CCCCC2)n1. The van der Waals surface area contributed by atoms with E-state index in [0.717, 1.165) is 25.7 Å². The molecule has 2 saturated carbocycles. The van der Waals surface area contributed by atoms with Crippen molar-refractivity contribution < 1.29 is 14.7 Å². The molecule has 0 spiro atoms. The average Bonchev–Trinajstić information content (AvgIpc) is 3.13. The smallest absolute Gasteiger partial charge is 0.328 e. The maximum Gasteiger partial charge on any atom is 0.328 e. The highest BCUT2D eigenvalue weighted by atomic mass is 16.4. The molecule has 3 rings (SSSR count). The number of carbonyl (C=O) groups is 2. The van der Waals surface area contributed by atoms with E-state index in [9.17, 15) is 9.59 Å². The predicted molar refractivity (Wildman–Crippen MR) is 94.5 cm³/mol. The minimum absolute atomic E-state index is 0.0184. The van der Waals surface area contributed by atoms with Crippen molar-refractivity contribution in [1.29, 1.82) is 0 Å². The van der Waals surface area contributed by atoms with Gasteiger partial charge in [-0.15, -0.1) is 0 Å². The minimum atomic E-state index is -0.946. The molecule has 2 aliphatic carbocycles. The largest absolute Gasteiger partial charge is 0.480 e. The Morgan fingerprint density at radius 1 is 1.08 bits per heavy atom. The van der Waals surface area contributed by atoms with Crippen LogP contribution in [-0.2, 0) is 4.79 Å². The predicted octanol–water partition coefficient (Wildman–Crippen LogP) is 3.64. The van der Waals surface area contributed by atoms with Gasteiger partial charge in [0.05, 0.1) is 0 Å². The van der Waals surface area contributed by atoms with Crippen LogP contribution in [0, 0.1) is 0 Å². The number of carbonyl (C=O) groups excluding carboxylic acids is 1. The summed E-state index contributed by atoms with van der Waals surface area (Å²) in [5, 5.41) is 13.4. The number of aromatic nitrogens is 2. The molecule has 0 radical (unpaired) electrons. The van der Waals surface area contributed by atoms with Crippen molar-refractivity contribution in [3.05, 3.63) is 18.0 Å². The molecule has 6 heteroatoms. The van der Waals surface area contributed by atoms with E-state index in [-0.39, 0.29) is 5.91 Å². The topological polar surface area (TPSA) is 75.4 Å². The van der Waals surface area contributed by atoms with Crippen molar-refractivity contribution in [1.82, 2.24) is 14.7 Å². The molecule has 1 aromatic rings. The van der Waals surface area contributed by atoms with Crippen LogP contribution < -0.4 is 0 Å². The number of carboxylic acid groups (broad SMARTS) is 1. The van der Waals surface area contributed by atoms with Crippen LogP contribution in [0.5, 0.6) is 0 Å². The lowest BCUT2D eigenvalue weighted by molar-refractivity contribution is -0.140. The maximum atomic E-state index is 13.3. The van der Waals surface area contributed by atoms with Crippen molar-refractivity contribution in [2.75, 3.05) is 0 Å². The summed E-state index contributed by atoms with van der Waals surface area (Å²) in [6.45, 7) is 1.57. The molecule has 1 unspecified atom stereocenters. The van der Waals surface area contributed by atoms with Crippen LogP contribution in [0.15, 0.2) is 12.3 Å². The van der Waals surface area contributed by atoms with Crippen molar-refractivity contribution >= 4 is 11.9 Å². The molecule has 1 heterocycles. The fraction of sp³-hybridized carbons (Fsp3) is 0.737. The van der Waals surface area contributed by atoms with Gasteiger partial charge in [0.1, 0.15) is 11.7 Å². The summed E-state index contributed by atoms with van der Waals surface area (Å²) in [6.07, 6.45) is 13.2. The van der Waals surface area contributed by atoms with Gasteiger partial charge >= 0.3 is 5.97 Å². The molecule has 2 aliphatic rings. The van der Waals surface area contributed by atoms with Crippen LogP contribution in [0.25, 0.3) is 0 Å². The summed E-state index contributed by atoms with van der Waals surface area (Å²) in [5.41, 5.74) is 0.379. The molecule has 2 fully saturated rings. The zero-order valence-electron chi connectivity index (χ0n) is 15.1. The first kappa shape index (κ1) is 18.0. The van der Waals surface area contributed by atoms with Gasteiger partial charge in [0.25, 0.3) is 5.91 Å². The Morgan fingerprint density at radius 3 is 2.08 bits per heavy atom. The third-order valence-electron chi connectivity index (χ3n) is 5.75. The van der Waals surface area contributed by atoms with E-state index in [0.29, 0.717) is 17.8 Å². The number of rotatable bonds is 5. The monoisotopic (exact) mass is 347 g/mol. The van der Waals surface area contributed by atoms with E-state index in [1.54, 1.807) is 19.2 Å². The van der Waals surface area contributed by atoms with E-state index in [1.165, 1.54) is 43.2 Å². The quantitative estimate of drug-likeness (QED) is 0.882. The number of aliphatic carboxylic acids is 1. The molecule has 1 atom stereocenters. The number of hydrogen-bond donors (Lipinski definition) is 1. The van der Waals surface area contributed by atoms with Crippen LogP contribution >= 0.6 is 0 Å². The van der Waals surface area contributed by atoms with Crippen LogP contribution in [0.4, 0.5) is 0 Å². The first-order valence-corrected chi connectivity index (χ1v) is 9.68. The second kappa shape index (κ2) is 8.02. The first-order valence-electron chi connectivity index (χ1n) is 9.68. The van der Waals surface area contributed by atoms with Gasteiger partial charge in [-0.05, 0) is 38.7 Å². The lowest BCUT2D eigenvalue weighted by Crippen LogP contribution is -2.49. The zero-order chi connectivity index (χ0) is 17.8. The molecular weight excluding hydrogens is 318 g/mol. The Kier molecular flexibility index (Phi) is 5.76. The van der Waals surface area contributed by atoms with Crippen LogP contribution in [0.2, 0.25) is 0 Å². The van der Waals surface area contributed by atoms with Crippen LogP contribution in [0.1, 0.15) is 87.7 Å². The van der Waals surface area contributed by atoms with E-state index in [2.05, 4.69) is 10.00 Å². The van der Waals surface area contributed by atoms with Crippen LogP contribution in [0.3, 0.4) is 0 Å². The lowest BCUT2D eigenvalue weighted by atomic mass is 9.88. The van der Waals surface area contributed by atoms with E-state index in [4.69, 9.17) is 5.11 Å². The van der Waals surface area contributed by atoms with Gasteiger partial charge in [0, 0.05) is 18.3 Å². The Balaban J connectivity index is 1.81. The zero-order valence-corrected chi connectivity index (χ0v) is 15.1. The summed E-state index contributed by atoms with van der Waals surface area (Å²) in [6, 6.07) is 1.53. The Bertz CT molecular complexity index is 583. The molecule has 0 aliphatic heterocycles. The van der Waals surface area contributed by atoms with Gasteiger partial charge in [-0.2, -0.15) is 5.10 Å². The van der Waals surface area contributed by atoms with E-state index < -0.39 is 12.0 Å². The molecule has 1 N–H and O–H groups in total. The lowest BCUT2D eigenvalue weighted by Gasteiger charge is -2.41. The number of carboxylic acids is 1. The maximum absolute atomic E-state index is 13.3. The highest BCUT2D eigenvalue weighted by molar-refractivity contribution is 5.92. The standard InChI is InChI=1S/C19H29N3O3/c1-14(19(24)25)21-13-12-17(20-21)18(23)22(15-8-4-2-5-9-15)16-10-6-3-7-11-16/h12-16H,2-11H2,1H3,(H,24,25). The van der Waals surface area contributed by atoms with E-state index in [1.807, 2.05) is 0 Å². The molecule has 138 valence electrons. The normalized spacial score (nSPS) is 21.0. The third-order valence-corrected chi connectivity index (χ3v) is 5.75. The molecule has 0 aromatic carbocycles. The van der Waals surface area contributed by atoms with Gasteiger partial charge in [0.2, 0.25) is 0 Å². The summed E-state index contributed by atoms with van der Waals surface area (Å²) in [7, 11) is 0. The second-order valence-electron chi connectivity index (χ2n) is 7.49. The van der Waals surface area contributed by atoms with Gasteiger partial charge < -0.3 is 10.0 Å². The molecular formula is C19H29N3O3. The van der Waals surface area contributed by atoms with Crippen LogP contribution in [-0.4, -0.2) is 43.7 Å². The highest BCUT2D eigenvalue weighted by Gasteiger charge is 2.34. The molecule has 0 bridgehead atoms. The Hall–Kier alpha value is -1.85. The van der Waals surface area contributed by atoms with Crippen molar-refractivity contribution in [3.63, 3.8) is 0 Å². The van der Waals surface area contributed by atoms with Gasteiger partial charge in [-0.25, -0.2) is 4.79 Å². The molecule has 25 heavy (non-hydrogen) atoms. The minimum Gasteiger partial charge on any atom is -0.480 e. The van der Waals surface area contributed by atoms with Crippen molar-refractivity contribution in [2.45, 2.75) is 89.3 Å². The fourth-order valence-corrected chi connectivity index (χ4v) is 4.26. The summed E-state index contributed by atoms with van der Waals surface area (Å²) < 4.78 is 1.37. The molecule has 6 nitrogen and oxygen atoms in total. The van der Waals surface area contributed by atoms with E-state index >= 15 is 0 Å². The summed E-state index contributed by atoms with van der Waals surface area (Å²) in [4.78, 5) is 26.5. The highest BCUT2D eigenvalue weighted by Crippen LogP contribution is 2.31. The number of amides is 1. The first-order chi connectivity index (χ1) is 12.1. The number of nitrogens with zero attached hydrogens (tertiary/aromatic N) is 3. The Morgan fingerprint density at radius 2 is 1.60 bits per heavy atom. The van der Waals surface area contributed by atoms with Crippen molar-refractivity contribution in [2.24, 2.45) is 0 Å². The number of hydrogen-bond acceptors (Lipinski definition) is 3. The summed E-state index contributed by atoms with van der Waals surface area (Å²) in [5.74, 6) is -0.964. The van der Waals surface area contributed by atoms with Crippen molar-refractivity contribution in [3.8, 4) is 0 Å². The van der Waals surface area contributed by atoms with Gasteiger partial charge in [0.15, 0.2) is 0 Å². The Labute approximate surface area is 149 Å². The average molecular weight is 347 g/mol. The molecule has 1 amide bonds. The molecule has 1 aromatic heterocycles. The second-order valence-corrected chi connectivity index (χ2v) is 7.49. The fourth-order valence-electron chi connectivity index (χ4n) is 4.26. The van der Waals surface area contributed by atoms with Gasteiger partial charge in [-0.3, -0.25) is 9.48 Å². The third kappa shape index (κ3) is 4.05. The summed E-state index contributed by atoms with van der Waals surface area (Å²) >= 11 is 0. The van der Waals surface area contributed by atoms with Gasteiger partial charge in [-0.1, -0.05) is 38.5 Å². The molecule has 0 saturated heterocycles.